The molecule has 0 aromatic carbocycles. The molecule has 0 aromatic heterocycles. The largest absolute Gasteiger partial charge is 0.314 e. The minimum atomic E-state index is -2.97. The second-order valence-electron chi connectivity index (χ2n) is 4.58. The first-order valence-corrected chi connectivity index (χ1v) is 7.48. The molecule has 0 aromatic rings. The van der Waals surface area contributed by atoms with E-state index >= 15 is 0 Å². The van der Waals surface area contributed by atoms with E-state index in [1.807, 2.05) is 0 Å². The van der Waals surface area contributed by atoms with Gasteiger partial charge in [0.15, 0.2) is 0 Å². The van der Waals surface area contributed by atoms with Gasteiger partial charge >= 0.3 is 0 Å². The highest BCUT2D eigenvalue weighted by Crippen LogP contribution is 2.26. The number of rotatable bonds is 3. The maximum Gasteiger partial charge on any atom is 0.214 e. The first-order valence-electron chi connectivity index (χ1n) is 5.87. The Bertz CT molecular complexity index is 291. The Kier molecular flexibility index (Phi) is 3.64. The van der Waals surface area contributed by atoms with Crippen LogP contribution in [0.5, 0.6) is 0 Å². The quantitative estimate of drug-likeness (QED) is 0.767. The van der Waals surface area contributed by atoms with Crippen molar-refractivity contribution in [3.63, 3.8) is 0 Å². The number of piperazine rings is 1. The van der Waals surface area contributed by atoms with Crippen molar-refractivity contribution in [2.75, 3.05) is 31.9 Å². The van der Waals surface area contributed by atoms with Crippen LogP contribution in [0.1, 0.15) is 25.7 Å². The predicted octanol–water partition coefficient (Wildman–Crippen LogP) is 0.412. The molecule has 15 heavy (non-hydrogen) atoms. The number of hydrogen-bond acceptors (Lipinski definition) is 3. The highest BCUT2D eigenvalue weighted by molar-refractivity contribution is 7.89. The smallest absolute Gasteiger partial charge is 0.214 e. The van der Waals surface area contributed by atoms with E-state index in [0.717, 1.165) is 25.9 Å². The van der Waals surface area contributed by atoms with Gasteiger partial charge in [0.2, 0.25) is 10.0 Å². The Hall–Kier alpha value is -0.130. The van der Waals surface area contributed by atoms with Crippen molar-refractivity contribution in [2.24, 2.45) is 5.92 Å². The van der Waals surface area contributed by atoms with E-state index in [2.05, 4.69) is 5.32 Å². The second-order valence-corrected chi connectivity index (χ2v) is 6.59. The Morgan fingerprint density at radius 1 is 1.13 bits per heavy atom. The molecule has 1 aliphatic heterocycles. The minimum absolute atomic E-state index is 0.382. The molecule has 0 radical (unpaired) electrons. The number of nitrogens with one attached hydrogen (secondary N) is 1. The summed E-state index contributed by atoms with van der Waals surface area (Å²) in [6.45, 7) is 2.89. The average molecular weight is 232 g/mol. The van der Waals surface area contributed by atoms with Gasteiger partial charge in [0.1, 0.15) is 0 Å². The summed E-state index contributed by atoms with van der Waals surface area (Å²) >= 11 is 0. The third-order valence-corrected chi connectivity index (χ3v) is 5.43. The molecule has 88 valence electrons. The van der Waals surface area contributed by atoms with Crippen LogP contribution in [0.25, 0.3) is 0 Å². The SMILES string of the molecule is O=S(=O)(CC1CCCC1)N1CCNCC1. The van der Waals surface area contributed by atoms with Gasteiger partial charge in [-0.15, -0.1) is 0 Å². The zero-order chi connectivity index (χ0) is 10.7. The zero-order valence-corrected chi connectivity index (χ0v) is 9.93. The van der Waals surface area contributed by atoms with Gasteiger partial charge in [0.05, 0.1) is 5.75 Å². The molecule has 4 nitrogen and oxygen atoms in total. The summed E-state index contributed by atoms with van der Waals surface area (Å²) in [5, 5.41) is 3.17. The molecule has 1 heterocycles. The lowest BCUT2D eigenvalue weighted by molar-refractivity contribution is 0.356. The molecule has 1 N–H and O–H groups in total. The molecule has 5 heteroatoms. The molecule has 0 bridgehead atoms. The van der Waals surface area contributed by atoms with Crippen LogP contribution in [0.2, 0.25) is 0 Å². The van der Waals surface area contributed by atoms with Gasteiger partial charge in [-0.1, -0.05) is 12.8 Å². The van der Waals surface area contributed by atoms with Gasteiger partial charge in [-0.2, -0.15) is 4.31 Å². The lowest BCUT2D eigenvalue weighted by atomic mass is 10.1. The summed E-state index contributed by atoms with van der Waals surface area (Å²) in [5.41, 5.74) is 0. The molecule has 2 rings (SSSR count). The van der Waals surface area contributed by atoms with E-state index in [-0.39, 0.29) is 0 Å². The lowest BCUT2D eigenvalue weighted by Crippen LogP contribution is -2.47. The Balaban J connectivity index is 1.92. The van der Waals surface area contributed by atoms with Crippen LogP contribution in [-0.2, 0) is 10.0 Å². The fourth-order valence-electron chi connectivity index (χ4n) is 2.50. The monoisotopic (exact) mass is 232 g/mol. The van der Waals surface area contributed by atoms with Crippen LogP contribution in [-0.4, -0.2) is 44.7 Å². The van der Waals surface area contributed by atoms with Crippen LogP contribution < -0.4 is 5.32 Å². The topological polar surface area (TPSA) is 49.4 Å². The first-order chi connectivity index (χ1) is 7.18. The van der Waals surface area contributed by atoms with Crippen molar-refractivity contribution >= 4 is 10.0 Å². The van der Waals surface area contributed by atoms with Crippen molar-refractivity contribution in [3.05, 3.63) is 0 Å². The van der Waals surface area contributed by atoms with Crippen molar-refractivity contribution < 1.29 is 8.42 Å². The second kappa shape index (κ2) is 4.80. The van der Waals surface area contributed by atoms with Gasteiger partial charge in [-0.3, -0.25) is 0 Å². The van der Waals surface area contributed by atoms with E-state index < -0.39 is 10.0 Å². The summed E-state index contributed by atoms with van der Waals surface area (Å²) in [7, 11) is -2.97. The molecule has 0 spiro atoms. The van der Waals surface area contributed by atoms with Gasteiger partial charge in [-0.05, 0) is 18.8 Å². The lowest BCUT2D eigenvalue weighted by Gasteiger charge is -2.27. The Morgan fingerprint density at radius 2 is 1.73 bits per heavy atom. The molecular formula is C10H20N2O2S. The van der Waals surface area contributed by atoms with Gasteiger partial charge < -0.3 is 5.32 Å². The first kappa shape index (κ1) is 11.4. The van der Waals surface area contributed by atoms with Crippen molar-refractivity contribution in [3.8, 4) is 0 Å². The van der Waals surface area contributed by atoms with E-state index in [1.165, 1.54) is 12.8 Å². The predicted molar refractivity (Wildman–Crippen MR) is 60.2 cm³/mol. The van der Waals surface area contributed by atoms with E-state index in [4.69, 9.17) is 0 Å². The summed E-state index contributed by atoms with van der Waals surface area (Å²) in [5.74, 6) is 0.803. The van der Waals surface area contributed by atoms with E-state index in [1.54, 1.807) is 4.31 Å². The molecule has 1 saturated carbocycles. The molecular weight excluding hydrogens is 212 g/mol. The molecule has 0 atom stereocenters. The van der Waals surface area contributed by atoms with Gasteiger partial charge in [-0.25, -0.2) is 8.42 Å². The highest BCUT2D eigenvalue weighted by atomic mass is 32.2. The Morgan fingerprint density at radius 3 is 2.33 bits per heavy atom. The maximum absolute atomic E-state index is 12.0. The average Bonchev–Trinajstić information content (AvgIpc) is 2.71. The standard InChI is InChI=1S/C10H20N2O2S/c13-15(14,9-10-3-1-2-4-10)12-7-5-11-6-8-12/h10-11H,1-9H2. The number of hydrogen-bond donors (Lipinski definition) is 1. The van der Waals surface area contributed by atoms with Crippen molar-refractivity contribution in [1.29, 1.82) is 0 Å². The Labute approximate surface area is 92.1 Å². The minimum Gasteiger partial charge on any atom is -0.314 e. The highest BCUT2D eigenvalue weighted by Gasteiger charge is 2.28. The van der Waals surface area contributed by atoms with Gasteiger partial charge in [0.25, 0.3) is 0 Å². The number of nitrogens with zero attached hydrogens (tertiary/aromatic N) is 1. The van der Waals surface area contributed by atoms with Crippen LogP contribution in [0, 0.1) is 5.92 Å². The van der Waals surface area contributed by atoms with Crippen molar-refractivity contribution in [2.45, 2.75) is 25.7 Å². The van der Waals surface area contributed by atoms with Crippen LogP contribution in [0.3, 0.4) is 0 Å². The van der Waals surface area contributed by atoms with Crippen LogP contribution >= 0.6 is 0 Å². The molecule has 2 fully saturated rings. The number of sulfonamides is 1. The van der Waals surface area contributed by atoms with E-state index in [0.29, 0.717) is 24.8 Å². The fraction of sp³-hybridized carbons (Fsp3) is 1.00. The van der Waals surface area contributed by atoms with Gasteiger partial charge in [0, 0.05) is 26.2 Å². The molecule has 1 aliphatic carbocycles. The third-order valence-electron chi connectivity index (χ3n) is 3.39. The van der Waals surface area contributed by atoms with Crippen LogP contribution in [0.4, 0.5) is 0 Å². The zero-order valence-electron chi connectivity index (χ0n) is 9.11. The normalized spacial score (nSPS) is 25.9. The summed E-state index contributed by atoms with van der Waals surface area (Å²) < 4.78 is 25.7. The van der Waals surface area contributed by atoms with Crippen LogP contribution in [0.15, 0.2) is 0 Å². The van der Waals surface area contributed by atoms with Crippen molar-refractivity contribution in [1.82, 2.24) is 9.62 Å². The maximum atomic E-state index is 12.0. The summed E-state index contributed by atoms with van der Waals surface area (Å²) in [6.07, 6.45) is 4.63. The third kappa shape index (κ3) is 2.92. The fourth-order valence-corrected chi connectivity index (χ4v) is 4.38. The molecule has 0 amide bonds. The molecule has 0 unspecified atom stereocenters. The molecule has 2 aliphatic rings. The summed E-state index contributed by atoms with van der Waals surface area (Å²) in [4.78, 5) is 0. The van der Waals surface area contributed by atoms with E-state index in [9.17, 15) is 8.42 Å². The molecule has 1 saturated heterocycles. The summed E-state index contributed by atoms with van der Waals surface area (Å²) in [6, 6.07) is 0.